The Balaban J connectivity index is 1.98. The summed E-state index contributed by atoms with van der Waals surface area (Å²) in [5.41, 5.74) is 1.08. The van der Waals surface area contributed by atoms with Crippen molar-refractivity contribution in [2.75, 3.05) is 0 Å². The second kappa shape index (κ2) is 6.85. The highest BCUT2D eigenvalue weighted by molar-refractivity contribution is 5.89. The van der Waals surface area contributed by atoms with E-state index < -0.39 is 0 Å². The first-order valence-corrected chi connectivity index (χ1v) is 7.53. The fraction of sp³-hybridized carbons (Fsp3) is 0.529. The van der Waals surface area contributed by atoms with E-state index in [-0.39, 0.29) is 18.1 Å². The van der Waals surface area contributed by atoms with Gasteiger partial charge in [-0.1, -0.05) is 58.0 Å². The number of nitrogens with zero attached hydrogens (tertiary/aromatic N) is 2. The van der Waals surface area contributed by atoms with Crippen LogP contribution >= 0.6 is 0 Å². The second-order valence-corrected chi connectivity index (χ2v) is 6.14. The SMILES string of the molecule is CC(C)/C=N/N1C(=O)[C@H](OCc2ccccc2)[C@H]1C(C)C. The Hall–Kier alpha value is -1.68. The first kappa shape index (κ1) is 15.7. The van der Waals surface area contributed by atoms with Crippen molar-refractivity contribution in [3.63, 3.8) is 0 Å². The number of hydrogen-bond acceptors (Lipinski definition) is 3. The van der Waals surface area contributed by atoms with E-state index in [4.69, 9.17) is 4.74 Å². The predicted molar refractivity (Wildman–Crippen MR) is 83.8 cm³/mol. The molecule has 0 aromatic heterocycles. The van der Waals surface area contributed by atoms with Gasteiger partial charge in [0.1, 0.15) is 0 Å². The van der Waals surface area contributed by atoms with Crippen LogP contribution in [0.4, 0.5) is 0 Å². The Morgan fingerprint density at radius 1 is 1.24 bits per heavy atom. The highest BCUT2D eigenvalue weighted by Gasteiger charge is 2.50. The molecule has 0 N–H and O–H groups in total. The zero-order chi connectivity index (χ0) is 15.4. The molecule has 1 amide bonds. The van der Waals surface area contributed by atoms with Crippen LogP contribution < -0.4 is 0 Å². The first-order valence-electron chi connectivity index (χ1n) is 7.53. The molecular weight excluding hydrogens is 264 g/mol. The lowest BCUT2D eigenvalue weighted by Gasteiger charge is -2.45. The van der Waals surface area contributed by atoms with Crippen LogP contribution in [-0.4, -0.2) is 29.3 Å². The normalized spacial score (nSPS) is 22.4. The number of hydrogen-bond donors (Lipinski definition) is 0. The van der Waals surface area contributed by atoms with E-state index in [2.05, 4.69) is 18.9 Å². The van der Waals surface area contributed by atoms with E-state index >= 15 is 0 Å². The minimum atomic E-state index is -0.380. The molecule has 1 aromatic rings. The maximum atomic E-state index is 12.2. The van der Waals surface area contributed by atoms with Crippen LogP contribution in [0.25, 0.3) is 0 Å². The number of β-lactam (4-membered cyclic amide) rings is 1. The fourth-order valence-electron chi connectivity index (χ4n) is 2.37. The molecule has 1 saturated heterocycles. The average Bonchev–Trinajstić information content (AvgIpc) is 2.44. The zero-order valence-corrected chi connectivity index (χ0v) is 13.2. The van der Waals surface area contributed by atoms with Gasteiger partial charge in [-0.3, -0.25) is 4.79 Å². The van der Waals surface area contributed by atoms with Gasteiger partial charge in [0.2, 0.25) is 0 Å². The molecule has 0 bridgehead atoms. The van der Waals surface area contributed by atoms with E-state index in [0.717, 1.165) is 5.56 Å². The first-order chi connectivity index (χ1) is 10.0. The number of ether oxygens (including phenoxy) is 1. The second-order valence-electron chi connectivity index (χ2n) is 6.14. The van der Waals surface area contributed by atoms with Crippen molar-refractivity contribution >= 4 is 12.1 Å². The molecule has 0 saturated carbocycles. The third-order valence-electron chi connectivity index (χ3n) is 3.51. The van der Waals surface area contributed by atoms with Crippen molar-refractivity contribution in [1.82, 2.24) is 5.01 Å². The smallest absolute Gasteiger partial charge is 0.274 e. The zero-order valence-electron chi connectivity index (χ0n) is 13.2. The molecule has 1 aliphatic rings. The van der Waals surface area contributed by atoms with Crippen molar-refractivity contribution in [2.24, 2.45) is 16.9 Å². The largest absolute Gasteiger partial charge is 0.361 e. The number of carbonyl (C=O) groups excluding carboxylic acids is 1. The molecule has 1 aromatic carbocycles. The Morgan fingerprint density at radius 3 is 2.48 bits per heavy atom. The molecule has 1 aliphatic heterocycles. The van der Waals surface area contributed by atoms with Crippen molar-refractivity contribution in [3.8, 4) is 0 Å². The van der Waals surface area contributed by atoms with Gasteiger partial charge in [0.15, 0.2) is 6.10 Å². The van der Waals surface area contributed by atoms with E-state index in [9.17, 15) is 4.79 Å². The minimum Gasteiger partial charge on any atom is -0.361 e. The summed E-state index contributed by atoms with van der Waals surface area (Å²) in [7, 11) is 0. The Kier molecular flexibility index (Phi) is 5.12. The molecule has 4 nitrogen and oxygen atoms in total. The van der Waals surface area contributed by atoms with Gasteiger partial charge in [0, 0.05) is 6.21 Å². The summed E-state index contributed by atoms with van der Waals surface area (Å²) >= 11 is 0. The van der Waals surface area contributed by atoms with Crippen LogP contribution in [0.1, 0.15) is 33.3 Å². The lowest BCUT2D eigenvalue weighted by molar-refractivity contribution is -0.180. The van der Waals surface area contributed by atoms with Crippen LogP contribution in [0.5, 0.6) is 0 Å². The summed E-state index contributed by atoms with van der Waals surface area (Å²) < 4.78 is 5.82. The Bertz CT molecular complexity index is 497. The van der Waals surface area contributed by atoms with Crippen molar-refractivity contribution in [3.05, 3.63) is 35.9 Å². The molecule has 2 rings (SSSR count). The van der Waals surface area contributed by atoms with Crippen LogP contribution in [0.15, 0.2) is 35.4 Å². The number of amides is 1. The Morgan fingerprint density at radius 2 is 1.90 bits per heavy atom. The van der Waals surface area contributed by atoms with Crippen molar-refractivity contribution < 1.29 is 9.53 Å². The van der Waals surface area contributed by atoms with E-state index in [1.165, 1.54) is 0 Å². The number of carbonyl (C=O) groups is 1. The van der Waals surface area contributed by atoms with Crippen LogP contribution in [0.2, 0.25) is 0 Å². The molecule has 4 heteroatoms. The minimum absolute atomic E-state index is 0.0243. The lowest BCUT2D eigenvalue weighted by Crippen LogP contribution is -2.65. The van der Waals surface area contributed by atoms with Crippen molar-refractivity contribution in [1.29, 1.82) is 0 Å². The highest BCUT2D eigenvalue weighted by Crippen LogP contribution is 2.30. The summed E-state index contributed by atoms with van der Waals surface area (Å²) in [6, 6.07) is 9.94. The number of benzene rings is 1. The third-order valence-corrected chi connectivity index (χ3v) is 3.51. The number of hydrazone groups is 1. The molecule has 1 heterocycles. The van der Waals surface area contributed by atoms with Gasteiger partial charge < -0.3 is 4.74 Å². The van der Waals surface area contributed by atoms with Gasteiger partial charge in [-0.15, -0.1) is 0 Å². The van der Waals surface area contributed by atoms with Gasteiger partial charge in [0.25, 0.3) is 5.91 Å². The molecule has 114 valence electrons. The lowest BCUT2D eigenvalue weighted by atomic mass is 9.90. The predicted octanol–water partition coefficient (Wildman–Crippen LogP) is 3.08. The Labute approximate surface area is 126 Å². The molecule has 1 fully saturated rings. The third kappa shape index (κ3) is 3.70. The standard InChI is InChI=1S/C17H24N2O2/c1-12(2)10-18-19-15(13(3)4)16(17(19)20)21-11-14-8-6-5-7-9-14/h5-10,12-13,15-16H,11H2,1-4H3/b18-10+/t15-,16-/m1/s1. The average molecular weight is 288 g/mol. The summed E-state index contributed by atoms with van der Waals surface area (Å²) in [6.07, 6.45) is 1.43. The summed E-state index contributed by atoms with van der Waals surface area (Å²) in [5, 5.41) is 5.87. The fourth-order valence-corrected chi connectivity index (χ4v) is 2.37. The highest BCUT2D eigenvalue weighted by atomic mass is 16.5. The monoisotopic (exact) mass is 288 g/mol. The van der Waals surface area contributed by atoms with Crippen LogP contribution in [0, 0.1) is 11.8 Å². The molecule has 0 radical (unpaired) electrons. The van der Waals surface area contributed by atoms with Crippen LogP contribution in [0.3, 0.4) is 0 Å². The van der Waals surface area contributed by atoms with Crippen molar-refractivity contribution in [2.45, 2.75) is 46.4 Å². The quantitative estimate of drug-likeness (QED) is 0.596. The van der Waals surface area contributed by atoms with Gasteiger partial charge in [-0.05, 0) is 17.4 Å². The maximum absolute atomic E-state index is 12.2. The van der Waals surface area contributed by atoms with Gasteiger partial charge in [-0.25, -0.2) is 5.01 Å². The molecule has 0 unspecified atom stereocenters. The molecule has 0 spiro atoms. The van der Waals surface area contributed by atoms with E-state index in [0.29, 0.717) is 18.4 Å². The van der Waals surface area contributed by atoms with E-state index in [1.807, 2.05) is 44.2 Å². The molecular formula is C17H24N2O2. The summed E-state index contributed by atoms with van der Waals surface area (Å²) in [6.45, 7) is 8.73. The van der Waals surface area contributed by atoms with Crippen LogP contribution in [-0.2, 0) is 16.1 Å². The van der Waals surface area contributed by atoms with Gasteiger partial charge >= 0.3 is 0 Å². The number of rotatable bonds is 6. The summed E-state index contributed by atoms with van der Waals surface area (Å²) in [4.78, 5) is 12.2. The van der Waals surface area contributed by atoms with Gasteiger partial charge in [-0.2, -0.15) is 5.10 Å². The maximum Gasteiger partial charge on any atom is 0.274 e. The topological polar surface area (TPSA) is 41.9 Å². The molecule has 21 heavy (non-hydrogen) atoms. The molecule has 2 atom stereocenters. The molecule has 0 aliphatic carbocycles. The summed E-state index contributed by atoms with van der Waals surface area (Å²) in [5.74, 6) is 0.601. The van der Waals surface area contributed by atoms with Gasteiger partial charge in [0.05, 0.1) is 12.6 Å². The van der Waals surface area contributed by atoms with E-state index in [1.54, 1.807) is 11.2 Å².